The summed E-state index contributed by atoms with van der Waals surface area (Å²) in [6.45, 7) is 1.91. The third kappa shape index (κ3) is 3.34. The molecule has 2 rings (SSSR count). The first kappa shape index (κ1) is 14.9. The first-order chi connectivity index (χ1) is 9.63. The number of amides is 1. The molecule has 0 fully saturated rings. The van der Waals surface area contributed by atoms with Crippen molar-refractivity contribution >= 4 is 34.0 Å². The van der Waals surface area contributed by atoms with Crippen LogP contribution in [0.5, 0.6) is 0 Å². The Morgan fingerprint density at radius 2 is 2.10 bits per heavy atom. The average Bonchev–Trinajstić information content (AvgIpc) is 2.87. The van der Waals surface area contributed by atoms with Crippen molar-refractivity contribution in [2.45, 2.75) is 13.3 Å². The molecule has 0 atom stereocenters. The summed E-state index contributed by atoms with van der Waals surface area (Å²) in [5.74, 6) is 0.947. The summed E-state index contributed by atoms with van der Waals surface area (Å²) in [7, 11) is 1.80. The smallest absolute Gasteiger partial charge is 0.228 e. The van der Waals surface area contributed by atoms with Gasteiger partial charge < -0.3 is 4.90 Å². The monoisotopic (exact) mass is 308 g/mol. The van der Waals surface area contributed by atoms with Crippen LogP contribution in [-0.4, -0.2) is 39.9 Å². The van der Waals surface area contributed by atoms with Crippen LogP contribution in [0.1, 0.15) is 12.1 Å². The first-order valence-electron chi connectivity index (χ1n) is 6.11. The SMILES string of the molecule is CSCCC(=O)N(C)c1sc(-c2cncnc2)nc1C. The average molecular weight is 308 g/mol. The minimum Gasteiger partial charge on any atom is -0.305 e. The van der Waals surface area contributed by atoms with Gasteiger partial charge in [-0.05, 0) is 13.2 Å². The van der Waals surface area contributed by atoms with Gasteiger partial charge in [-0.1, -0.05) is 11.3 Å². The highest BCUT2D eigenvalue weighted by molar-refractivity contribution is 7.98. The van der Waals surface area contributed by atoms with Crippen molar-refractivity contribution in [1.82, 2.24) is 15.0 Å². The number of hydrogen-bond acceptors (Lipinski definition) is 6. The van der Waals surface area contributed by atoms with Gasteiger partial charge in [-0.3, -0.25) is 4.79 Å². The molecule has 20 heavy (non-hydrogen) atoms. The van der Waals surface area contributed by atoms with E-state index >= 15 is 0 Å². The second kappa shape index (κ2) is 6.81. The molecular formula is C13H16N4OS2. The summed E-state index contributed by atoms with van der Waals surface area (Å²) >= 11 is 3.16. The molecule has 2 aromatic rings. The van der Waals surface area contributed by atoms with E-state index in [4.69, 9.17) is 0 Å². The molecule has 0 saturated carbocycles. The van der Waals surface area contributed by atoms with Crippen LogP contribution in [0.3, 0.4) is 0 Å². The number of hydrogen-bond donors (Lipinski definition) is 0. The lowest BCUT2D eigenvalue weighted by Gasteiger charge is -2.15. The lowest BCUT2D eigenvalue weighted by Crippen LogP contribution is -2.26. The molecule has 2 aromatic heterocycles. The molecule has 0 unspecified atom stereocenters. The summed E-state index contributed by atoms with van der Waals surface area (Å²) in [5, 5.41) is 1.72. The van der Waals surface area contributed by atoms with Crippen molar-refractivity contribution in [3.63, 3.8) is 0 Å². The fourth-order valence-electron chi connectivity index (χ4n) is 1.70. The first-order valence-corrected chi connectivity index (χ1v) is 8.32. The fraction of sp³-hybridized carbons (Fsp3) is 0.385. The van der Waals surface area contributed by atoms with Crippen molar-refractivity contribution in [3.05, 3.63) is 24.4 Å². The third-order valence-electron chi connectivity index (χ3n) is 2.78. The van der Waals surface area contributed by atoms with Gasteiger partial charge in [0.05, 0.1) is 5.69 Å². The van der Waals surface area contributed by atoms with Gasteiger partial charge in [0, 0.05) is 37.2 Å². The number of thioether (sulfide) groups is 1. The number of anilines is 1. The molecule has 0 spiro atoms. The predicted octanol–water partition coefficient (Wildman–Crippen LogP) is 2.62. The van der Waals surface area contributed by atoms with Gasteiger partial charge >= 0.3 is 0 Å². The number of aryl methyl sites for hydroxylation is 1. The minimum atomic E-state index is 0.113. The van der Waals surface area contributed by atoms with Gasteiger partial charge in [-0.2, -0.15) is 11.8 Å². The van der Waals surface area contributed by atoms with Gasteiger partial charge in [0.2, 0.25) is 5.91 Å². The molecule has 106 valence electrons. The topological polar surface area (TPSA) is 59.0 Å². The normalized spacial score (nSPS) is 10.6. The molecule has 7 heteroatoms. The van der Waals surface area contributed by atoms with Crippen LogP contribution >= 0.6 is 23.1 Å². The van der Waals surface area contributed by atoms with Crippen LogP contribution in [0.2, 0.25) is 0 Å². The van der Waals surface area contributed by atoms with Crippen LogP contribution in [0.4, 0.5) is 5.00 Å². The van der Waals surface area contributed by atoms with E-state index in [0.29, 0.717) is 6.42 Å². The number of carbonyl (C=O) groups is 1. The maximum atomic E-state index is 12.1. The standard InChI is InChI=1S/C13H16N4OS2/c1-9-13(17(2)11(18)4-5-19-3)20-12(16-9)10-6-14-8-15-7-10/h6-8H,4-5H2,1-3H3. The number of rotatable bonds is 5. The quantitative estimate of drug-likeness (QED) is 0.850. The number of aromatic nitrogens is 3. The van der Waals surface area contributed by atoms with Crippen LogP contribution < -0.4 is 4.90 Å². The molecule has 0 aliphatic heterocycles. The Labute approximate surface area is 126 Å². The molecule has 0 aliphatic carbocycles. The molecule has 0 radical (unpaired) electrons. The van der Waals surface area contributed by atoms with Gasteiger partial charge in [0.15, 0.2) is 0 Å². The molecule has 0 bridgehead atoms. The molecular weight excluding hydrogens is 292 g/mol. The van der Waals surface area contributed by atoms with E-state index in [1.54, 1.807) is 36.1 Å². The van der Waals surface area contributed by atoms with Gasteiger partial charge in [0.1, 0.15) is 16.3 Å². The fourth-order valence-corrected chi connectivity index (χ4v) is 3.10. The molecule has 0 saturated heterocycles. The van der Waals surface area contributed by atoms with Crippen molar-refractivity contribution < 1.29 is 4.79 Å². The maximum Gasteiger partial charge on any atom is 0.228 e. The Balaban J connectivity index is 2.21. The van der Waals surface area contributed by atoms with E-state index in [2.05, 4.69) is 15.0 Å². The summed E-state index contributed by atoms with van der Waals surface area (Å²) in [6.07, 6.45) is 7.48. The van der Waals surface area contributed by atoms with E-state index in [0.717, 1.165) is 27.0 Å². The summed E-state index contributed by atoms with van der Waals surface area (Å²) in [4.78, 5) is 26.2. The van der Waals surface area contributed by atoms with Crippen LogP contribution in [0.25, 0.3) is 10.6 Å². The second-order valence-corrected chi connectivity index (χ2v) is 6.20. The van der Waals surface area contributed by atoms with E-state index in [-0.39, 0.29) is 5.91 Å². The molecule has 5 nitrogen and oxygen atoms in total. The minimum absolute atomic E-state index is 0.113. The number of nitrogens with zero attached hydrogens (tertiary/aromatic N) is 4. The lowest BCUT2D eigenvalue weighted by atomic mass is 10.3. The molecule has 0 N–H and O–H groups in total. The molecule has 0 aromatic carbocycles. The van der Waals surface area contributed by atoms with Gasteiger partial charge in [0.25, 0.3) is 0 Å². The van der Waals surface area contributed by atoms with Crippen LogP contribution in [-0.2, 0) is 4.79 Å². The Bertz CT molecular complexity index is 585. The van der Waals surface area contributed by atoms with Gasteiger partial charge in [-0.15, -0.1) is 0 Å². The van der Waals surface area contributed by atoms with Crippen molar-refractivity contribution in [2.24, 2.45) is 0 Å². The maximum absolute atomic E-state index is 12.1. The lowest BCUT2D eigenvalue weighted by molar-refractivity contribution is -0.117. The second-order valence-electron chi connectivity index (χ2n) is 4.23. The predicted molar refractivity (Wildman–Crippen MR) is 84.3 cm³/mol. The Morgan fingerprint density at radius 1 is 1.40 bits per heavy atom. The Kier molecular flexibility index (Phi) is 5.08. The Hall–Kier alpha value is -1.47. The van der Waals surface area contributed by atoms with Gasteiger partial charge in [-0.25, -0.2) is 15.0 Å². The zero-order valence-corrected chi connectivity index (χ0v) is 13.3. The number of carbonyl (C=O) groups excluding carboxylic acids is 1. The summed E-state index contributed by atoms with van der Waals surface area (Å²) < 4.78 is 0. The highest BCUT2D eigenvalue weighted by Crippen LogP contribution is 2.33. The summed E-state index contributed by atoms with van der Waals surface area (Å²) in [5.41, 5.74) is 1.73. The van der Waals surface area contributed by atoms with E-state index in [1.807, 2.05) is 13.2 Å². The molecule has 1 amide bonds. The van der Waals surface area contributed by atoms with Crippen molar-refractivity contribution in [3.8, 4) is 10.6 Å². The highest BCUT2D eigenvalue weighted by Gasteiger charge is 2.17. The molecule has 0 aliphatic rings. The van der Waals surface area contributed by atoms with Crippen molar-refractivity contribution in [1.29, 1.82) is 0 Å². The number of thiazole rings is 1. The zero-order chi connectivity index (χ0) is 14.5. The van der Waals surface area contributed by atoms with Crippen LogP contribution in [0.15, 0.2) is 18.7 Å². The zero-order valence-electron chi connectivity index (χ0n) is 11.7. The van der Waals surface area contributed by atoms with E-state index < -0.39 is 0 Å². The highest BCUT2D eigenvalue weighted by atomic mass is 32.2. The largest absolute Gasteiger partial charge is 0.305 e. The van der Waals surface area contributed by atoms with E-state index in [1.165, 1.54) is 17.7 Å². The Morgan fingerprint density at radius 3 is 2.75 bits per heavy atom. The van der Waals surface area contributed by atoms with Crippen molar-refractivity contribution in [2.75, 3.05) is 24.0 Å². The third-order valence-corrected chi connectivity index (χ3v) is 4.67. The van der Waals surface area contributed by atoms with E-state index in [9.17, 15) is 4.79 Å². The molecule has 2 heterocycles. The summed E-state index contributed by atoms with van der Waals surface area (Å²) in [6, 6.07) is 0. The van der Waals surface area contributed by atoms with Crippen LogP contribution in [0, 0.1) is 6.92 Å².